The summed E-state index contributed by atoms with van der Waals surface area (Å²) in [4.78, 5) is 0. The summed E-state index contributed by atoms with van der Waals surface area (Å²) in [6.07, 6.45) is 3.40. The van der Waals surface area contributed by atoms with Gasteiger partial charge in [0.25, 0.3) is 0 Å². The molecule has 1 heteroatoms. The van der Waals surface area contributed by atoms with E-state index in [-0.39, 0.29) is 0 Å². The number of alkyl halides is 1. The van der Waals surface area contributed by atoms with E-state index in [9.17, 15) is 4.39 Å². The Kier molecular flexibility index (Phi) is 0.469. The van der Waals surface area contributed by atoms with Crippen LogP contribution in [0.4, 0.5) is 4.39 Å². The molecule has 0 aliphatic heterocycles. The Labute approximate surface area is 30.3 Å². The van der Waals surface area contributed by atoms with Gasteiger partial charge in [-0.25, -0.2) is 4.39 Å². The zero-order valence-electron chi connectivity index (χ0n) is 2.82. The van der Waals surface area contributed by atoms with Crippen molar-refractivity contribution in [3.63, 3.8) is 0 Å². The van der Waals surface area contributed by atoms with Crippen molar-refractivity contribution >= 4 is 0 Å². The van der Waals surface area contributed by atoms with Crippen LogP contribution in [-0.2, 0) is 0 Å². The maximum atomic E-state index is 11.4. The van der Waals surface area contributed by atoms with Crippen molar-refractivity contribution in [3.8, 4) is 0 Å². The molecule has 0 heterocycles. The maximum absolute atomic E-state index is 11.4. The fourth-order valence-corrected chi connectivity index (χ4v) is 0.239. The third kappa shape index (κ3) is 0.318. The minimum Gasteiger partial charge on any atom is -0.243 e. The highest BCUT2D eigenvalue weighted by Crippen LogP contribution is 2.09. The van der Waals surface area contributed by atoms with Crippen molar-refractivity contribution in [2.24, 2.45) is 0 Å². The Morgan fingerprint density at radius 1 is 1.80 bits per heavy atom. The fourth-order valence-electron chi connectivity index (χ4n) is 0.239. The molecule has 1 aliphatic rings. The molecule has 0 N–H and O–H groups in total. The average Bonchev–Trinajstić information content (AvgIpc) is 1.30. The number of allylic oxidation sites excluding steroid dienone is 2. The van der Waals surface area contributed by atoms with Gasteiger partial charge in [-0.3, -0.25) is 0 Å². The van der Waals surface area contributed by atoms with Gasteiger partial charge in [0.05, 0.1) is 0 Å². The highest BCUT2D eigenvalue weighted by atomic mass is 19.1. The van der Waals surface area contributed by atoms with Crippen LogP contribution < -0.4 is 0 Å². The van der Waals surface area contributed by atoms with Crippen molar-refractivity contribution in [1.82, 2.24) is 0 Å². The molecule has 1 rings (SSSR count). The summed E-state index contributed by atoms with van der Waals surface area (Å²) in [6, 6.07) is 0. The summed E-state index contributed by atoms with van der Waals surface area (Å²) in [5.41, 5.74) is 0. The van der Waals surface area contributed by atoms with Gasteiger partial charge in [-0.2, -0.15) is 0 Å². The highest BCUT2D eigenvalue weighted by Gasteiger charge is 2.03. The lowest BCUT2D eigenvalue weighted by atomic mass is 10.1. The zero-order chi connectivity index (χ0) is 3.70. The van der Waals surface area contributed by atoms with Gasteiger partial charge in [0, 0.05) is 6.42 Å². The molecule has 1 aliphatic carbocycles. The van der Waals surface area contributed by atoms with E-state index in [1.54, 1.807) is 6.08 Å². The van der Waals surface area contributed by atoms with E-state index in [1.807, 2.05) is 6.08 Å². The first-order valence-corrected chi connectivity index (χ1v) is 1.70. The van der Waals surface area contributed by atoms with E-state index < -0.39 is 6.17 Å². The Morgan fingerprint density at radius 2 is 2.20 bits per heavy atom. The summed E-state index contributed by atoms with van der Waals surface area (Å²) in [5.74, 6) is 0. The van der Waals surface area contributed by atoms with Crippen LogP contribution in [0.1, 0.15) is 6.42 Å². The van der Waals surface area contributed by atoms with Crippen molar-refractivity contribution in [2.45, 2.75) is 12.6 Å². The third-order valence-electron chi connectivity index (χ3n) is 0.706. The molecule has 5 heavy (non-hydrogen) atoms. The Hall–Kier alpha value is -0.330. The molecule has 28 valence electrons. The van der Waals surface area contributed by atoms with Crippen LogP contribution in [0.15, 0.2) is 12.2 Å². The quantitative estimate of drug-likeness (QED) is 0.378. The zero-order valence-corrected chi connectivity index (χ0v) is 2.82. The largest absolute Gasteiger partial charge is 0.243 e. The van der Waals surface area contributed by atoms with Crippen LogP contribution in [0.25, 0.3) is 0 Å². The fraction of sp³-hybridized carbons (Fsp3) is 0.500. The Morgan fingerprint density at radius 3 is 2.20 bits per heavy atom. The molecule has 0 aromatic rings. The number of hydrogen-bond acceptors (Lipinski definition) is 0. The lowest BCUT2D eigenvalue weighted by Gasteiger charge is -2.03. The second-order valence-corrected chi connectivity index (χ2v) is 1.18. The van der Waals surface area contributed by atoms with Crippen molar-refractivity contribution < 1.29 is 4.39 Å². The minimum atomic E-state index is -0.616. The molecule has 0 amide bonds. The van der Waals surface area contributed by atoms with Crippen LogP contribution in [0.3, 0.4) is 0 Å². The molecule has 0 fully saturated rings. The monoisotopic (exact) mass is 72.0 g/mol. The van der Waals surface area contributed by atoms with E-state index in [1.165, 1.54) is 0 Å². The van der Waals surface area contributed by atoms with Gasteiger partial charge < -0.3 is 0 Å². The van der Waals surface area contributed by atoms with Gasteiger partial charge in [-0.1, -0.05) is 12.2 Å². The summed E-state index contributed by atoms with van der Waals surface area (Å²) < 4.78 is 11.4. The summed E-state index contributed by atoms with van der Waals surface area (Å²) in [6.45, 7) is 0. The second-order valence-electron chi connectivity index (χ2n) is 1.18. The molecular formula is C4H5F. The third-order valence-corrected chi connectivity index (χ3v) is 0.706. The van der Waals surface area contributed by atoms with Gasteiger partial charge in [0.15, 0.2) is 0 Å². The number of halogens is 1. The van der Waals surface area contributed by atoms with Gasteiger partial charge in [-0.05, 0) is 0 Å². The first-order chi connectivity index (χ1) is 2.39. The standard InChI is InChI=1S/C4H5F/c5-4-2-1-3-4/h1-2,4H,3H2. The van der Waals surface area contributed by atoms with Crippen LogP contribution in [0, 0.1) is 0 Å². The molecule has 0 radical (unpaired) electrons. The van der Waals surface area contributed by atoms with Crippen LogP contribution >= 0.6 is 0 Å². The highest BCUT2D eigenvalue weighted by molar-refractivity contribution is 5.02. The molecule has 0 nitrogen and oxygen atoms in total. The normalized spacial score (nSPS) is 33.4. The second kappa shape index (κ2) is 0.814. The molecule has 1 unspecified atom stereocenters. The molecule has 0 spiro atoms. The molecular weight excluding hydrogens is 67.0 g/mol. The summed E-state index contributed by atoms with van der Waals surface area (Å²) in [5, 5.41) is 0. The van der Waals surface area contributed by atoms with E-state index >= 15 is 0 Å². The molecule has 0 saturated heterocycles. The molecule has 0 aromatic heterocycles. The van der Waals surface area contributed by atoms with Gasteiger partial charge in [0.1, 0.15) is 6.17 Å². The Balaban J connectivity index is 2.39. The molecule has 1 atom stereocenters. The van der Waals surface area contributed by atoms with Gasteiger partial charge in [-0.15, -0.1) is 0 Å². The lowest BCUT2D eigenvalue weighted by Crippen LogP contribution is -1.99. The maximum Gasteiger partial charge on any atom is 0.122 e. The predicted octanol–water partition coefficient (Wildman–Crippen LogP) is 1.28. The van der Waals surface area contributed by atoms with Crippen LogP contribution in [-0.4, -0.2) is 6.17 Å². The SMILES string of the molecule is FC1C=CC1. The van der Waals surface area contributed by atoms with Crippen LogP contribution in [0.2, 0.25) is 0 Å². The topological polar surface area (TPSA) is 0 Å². The average molecular weight is 72.1 g/mol. The van der Waals surface area contributed by atoms with E-state index in [0.717, 1.165) is 0 Å². The lowest BCUT2D eigenvalue weighted by molar-refractivity contribution is 0.379. The van der Waals surface area contributed by atoms with Gasteiger partial charge in [0.2, 0.25) is 0 Å². The minimum absolute atomic E-state index is 0.616. The first-order valence-electron chi connectivity index (χ1n) is 1.70. The van der Waals surface area contributed by atoms with Crippen LogP contribution in [0.5, 0.6) is 0 Å². The van der Waals surface area contributed by atoms with Gasteiger partial charge >= 0.3 is 0 Å². The predicted molar refractivity (Wildman–Crippen MR) is 18.7 cm³/mol. The molecule has 0 bridgehead atoms. The summed E-state index contributed by atoms with van der Waals surface area (Å²) >= 11 is 0. The number of hydrogen-bond donors (Lipinski definition) is 0. The summed E-state index contributed by atoms with van der Waals surface area (Å²) in [7, 11) is 0. The Bertz CT molecular complexity index is 56.7. The number of rotatable bonds is 0. The molecule has 0 aromatic carbocycles. The van der Waals surface area contributed by atoms with E-state index in [4.69, 9.17) is 0 Å². The van der Waals surface area contributed by atoms with E-state index in [0.29, 0.717) is 6.42 Å². The molecule has 0 saturated carbocycles. The van der Waals surface area contributed by atoms with E-state index in [2.05, 4.69) is 0 Å². The van der Waals surface area contributed by atoms with Crippen molar-refractivity contribution in [1.29, 1.82) is 0 Å². The van der Waals surface area contributed by atoms with Crippen molar-refractivity contribution in [2.75, 3.05) is 0 Å². The first kappa shape index (κ1) is 2.88. The van der Waals surface area contributed by atoms with Crippen molar-refractivity contribution in [3.05, 3.63) is 12.2 Å². The smallest absolute Gasteiger partial charge is 0.122 e.